The van der Waals surface area contributed by atoms with Gasteiger partial charge in [-0.25, -0.2) is 17.7 Å². The second-order valence-corrected chi connectivity index (χ2v) is 11.1. The topological polar surface area (TPSA) is 73.9 Å². The van der Waals surface area contributed by atoms with Gasteiger partial charge in [-0.2, -0.15) is 13.9 Å². The summed E-state index contributed by atoms with van der Waals surface area (Å²) in [4.78, 5) is 12.3. The summed E-state index contributed by atoms with van der Waals surface area (Å²) < 4.78 is 97.9. The van der Waals surface area contributed by atoms with E-state index in [1.165, 1.54) is 12.1 Å². The molecule has 12 heteroatoms. The van der Waals surface area contributed by atoms with Crippen molar-refractivity contribution in [1.29, 1.82) is 0 Å². The fourth-order valence-electron chi connectivity index (χ4n) is 3.59. The molecular formula is C24H27F5NO5P. The molecule has 1 unspecified atom stereocenters. The van der Waals surface area contributed by atoms with E-state index < -0.39 is 55.1 Å². The minimum absolute atomic E-state index is 0.108. The molecule has 1 aliphatic carbocycles. The minimum Gasteiger partial charge on any atom is -0.461 e. The van der Waals surface area contributed by atoms with Crippen molar-refractivity contribution in [2.24, 2.45) is 0 Å². The lowest BCUT2D eigenvalue weighted by Gasteiger charge is -2.24. The van der Waals surface area contributed by atoms with E-state index in [4.69, 9.17) is 13.8 Å². The van der Waals surface area contributed by atoms with Crippen molar-refractivity contribution >= 4 is 13.7 Å². The lowest BCUT2D eigenvalue weighted by molar-refractivity contribution is -0.149. The van der Waals surface area contributed by atoms with Gasteiger partial charge in [0.2, 0.25) is 34.8 Å². The molecule has 0 aliphatic heterocycles. The Labute approximate surface area is 205 Å². The monoisotopic (exact) mass is 535 g/mol. The second kappa shape index (κ2) is 11.2. The van der Waals surface area contributed by atoms with E-state index in [1.54, 1.807) is 12.1 Å². The van der Waals surface area contributed by atoms with Crippen LogP contribution in [0.5, 0.6) is 11.5 Å². The fraction of sp³-hybridized carbons (Fsp3) is 0.458. The van der Waals surface area contributed by atoms with Gasteiger partial charge in [0.15, 0.2) is 0 Å². The van der Waals surface area contributed by atoms with Crippen LogP contribution in [0.1, 0.15) is 58.4 Å². The third-order valence-corrected chi connectivity index (χ3v) is 7.01. The smallest absolute Gasteiger partial charge is 0.461 e. The summed E-state index contributed by atoms with van der Waals surface area (Å²) >= 11 is 0. The van der Waals surface area contributed by atoms with Gasteiger partial charge in [0.05, 0.1) is 0 Å². The van der Waals surface area contributed by atoms with Crippen LogP contribution in [-0.4, -0.2) is 18.6 Å². The van der Waals surface area contributed by atoms with Gasteiger partial charge in [0.1, 0.15) is 18.4 Å². The minimum atomic E-state index is -4.92. The molecule has 2 aromatic rings. The van der Waals surface area contributed by atoms with Crippen LogP contribution in [0.4, 0.5) is 22.0 Å². The molecule has 0 heterocycles. The third-order valence-electron chi connectivity index (χ3n) is 5.59. The van der Waals surface area contributed by atoms with Crippen LogP contribution in [0.25, 0.3) is 0 Å². The van der Waals surface area contributed by atoms with Crippen LogP contribution < -0.4 is 14.1 Å². The maximum Gasteiger partial charge on any atom is 0.513 e. The molecule has 1 N–H and O–H groups in total. The van der Waals surface area contributed by atoms with Gasteiger partial charge in [-0.05, 0) is 48.8 Å². The highest BCUT2D eigenvalue weighted by Crippen LogP contribution is 2.47. The van der Waals surface area contributed by atoms with E-state index >= 15 is 0 Å². The maximum atomic E-state index is 14.2. The number of carbonyl (C=O) groups excluding carboxylic acids is 1. The summed E-state index contributed by atoms with van der Waals surface area (Å²) in [6.45, 7) is 5.06. The van der Waals surface area contributed by atoms with E-state index in [1.807, 2.05) is 20.8 Å². The lowest BCUT2D eigenvalue weighted by Crippen LogP contribution is -2.30. The molecule has 1 aliphatic rings. The van der Waals surface area contributed by atoms with E-state index in [0.717, 1.165) is 24.8 Å². The summed E-state index contributed by atoms with van der Waals surface area (Å²) in [6.07, 6.45) is 3.73. The first-order valence-electron chi connectivity index (χ1n) is 11.4. The Hall–Kier alpha value is -2.65. The number of hydrogen-bond donors (Lipinski definition) is 1. The Balaban J connectivity index is 1.86. The van der Waals surface area contributed by atoms with Gasteiger partial charge >= 0.3 is 13.7 Å². The van der Waals surface area contributed by atoms with Crippen LogP contribution in [0.3, 0.4) is 0 Å². The van der Waals surface area contributed by atoms with Crippen molar-refractivity contribution in [3.63, 3.8) is 0 Å². The highest BCUT2D eigenvalue weighted by atomic mass is 31.2. The van der Waals surface area contributed by atoms with Gasteiger partial charge in [0.25, 0.3) is 0 Å². The summed E-state index contributed by atoms with van der Waals surface area (Å²) in [5, 5.41) is 2.10. The zero-order chi connectivity index (χ0) is 26.7. The van der Waals surface area contributed by atoms with Crippen LogP contribution in [0.2, 0.25) is 0 Å². The number of halogens is 5. The highest BCUT2D eigenvalue weighted by molar-refractivity contribution is 7.52. The second-order valence-electron chi connectivity index (χ2n) is 9.44. The highest BCUT2D eigenvalue weighted by Gasteiger charge is 2.36. The zero-order valence-corrected chi connectivity index (χ0v) is 20.9. The Kier molecular flexibility index (Phi) is 8.67. The maximum absolute atomic E-state index is 14.2. The largest absolute Gasteiger partial charge is 0.513 e. The summed E-state index contributed by atoms with van der Waals surface area (Å²) in [6, 6.07) is 6.04. The Morgan fingerprint density at radius 2 is 1.42 bits per heavy atom. The standard InChI is InChI=1S/C24H27F5NO5P/c1-24(2,3)14-9-11-16(12-10-14)34-36(32,30-13-17(31)33-15-7-5-4-6-8-15)35-23-21(28)19(26)18(25)20(27)22(23)29/h9-12,15H,4-8,13H2,1-3H3,(H,30,32). The van der Waals surface area contributed by atoms with Gasteiger partial charge in [-0.1, -0.05) is 39.3 Å². The number of ether oxygens (including phenoxy) is 1. The molecule has 1 atom stereocenters. The van der Waals surface area contributed by atoms with Crippen molar-refractivity contribution in [3.8, 4) is 11.5 Å². The molecule has 36 heavy (non-hydrogen) atoms. The number of benzene rings is 2. The average molecular weight is 535 g/mol. The van der Waals surface area contributed by atoms with Crippen LogP contribution in [-0.2, 0) is 19.5 Å². The normalized spacial score (nSPS) is 16.3. The van der Waals surface area contributed by atoms with Crippen molar-refractivity contribution in [1.82, 2.24) is 5.09 Å². The Morgan fingerprint density at radius 1 is 0.889 bits per heavy atom. The number of rotatable bonds is 8. The van der Waals surface area contributed by atoms with Crippen molar-refractivity contribution < 1.29 is 45.1 Å². The van der Waals surface area contributed by atoms with E-state index in [2.05, 4.69) is 5.09 Å². The molecule has 0 radical (unpaired) electrons. The first-order chi connectivity index (χ1) is 16.8. The van der Waals surface area contributed by atoms with Crippen LogP contribution in [0.15, 0.2) is 24.3 Å². The fourth-order valence-corrected chi connectivity index (χ4v) is 4.88. The quantitative estimate of drug-likeness (QED) is 0.133. The molecule has 6 nitrogen and oxygen atoms in total. The Morgan fingerprint density at radius 3 is 1.94 bits per heavy atom. The van der Waals surface area contributed by atoms with Crippen molar-refractivity contribution in [2.75, 3.05) is 6.54 Å². The molecular weight excluding hydrogens is 508 g/mol. The van der Waals surface area contributed by atoms with Gasteiger partial charge < -0.3 is 13.8 Å². The molecule has 3 rings (SSSR count). The van der Waals surface area contributed by atoms with Gasteiger partial charge in [-0.15, -0.1) is 0 Å². The molecule has 0 amide bonds. The van der Waals surface area contributed by atoms with E-state index in [9.17, 15) is 31.3 Å². The average Bonchev–Trinajstić information content (AvgIpc) is 2.83. The Bertz CT molecular complexity index is 1120. The predicted octanol–water partition coefficient (Wildman–Crippen LogP) is 6.71. The van der Waals surface area contributed by atoms with Crippen LogP contribution >= 0.6 is 7.75 Å². The number of carbonyl (C=O) groups is 1. The van der Waals surface area contributed by atoms with Gasteiger partial charge in [0, 0.05) is 0 Å². The third kappa shape index (κ3) is 6.76. The first kappa shape index (κ1) is 27.9. The number of esters is 1. The summed E-state index contributed by atoms with van der Waals surface area (Å²) in [5.41, 5.74) is 0.629. The van der Waals surface area contributed by atoms with E-state index in [0.29, 0.717) is 12.8 Å². The molecule has 0 saturated heterocycles. The molecule has 0 aromatic heterocycles. The van der Waals surface area contributed by atoms with Crippen molar-refractivity contribution in [2.45, 2.75) is 64.4 Å². The number of nitrogens with one attached hydrogen (secondary N) is 1. The molecule has 198 valence electrons. The summed E-state index contributed by atoms with van der Waals surface area (Å²) in [5.74, 6) is -14.4. The number of hydrogen-bond acceptors (Lipinski definition) is 5. The zero-order valence-electron chi connectivity index (χ0n) is 20.0. The SMILES string of the molecule is CC(C)(C)c1ccc(OP(=O)(NCC(=O)OC2CCCCC2)Oc2c(F)c(F)c(F)c(F)c2F)cc1. The van der Waals surface area contributed by atoms with Gasteiger partial charge in [-0.3, -0.25) is 4.79 Å². The predicted molar refractivity (Wildman–Crippen MR) is 121 cm³/mol. The molecule has 1 fully saturated rings. The van der Waals surface area contributed by atoms with Crippen molar-refractivity contribution in [3.05, 3.63) is 58.9 Å². The molecule has 0 bridgehead atoms. The molecule has 2 aromatic carbocycles. The van der Waals surface area contributed by atoms with E-state index in [-0.39, 0.29) is 17.3 Å². The molecule has 0 spiro atoms. The first-order valence-corrected chi connectivity index (χ1v) is 12.9. The lowest BCUT2D eigenvalue weighted by atomic mass is 9.87. The molecule has 1 saturated carbocycles. The van der Waals surface area contributed by atoms with Crippen LogP contribution in [0, 0.1) is 29.1 Å². The summed E-state index contributed by atoms with van der Waals surface area (Å²) in [7, 11) is -4.92.